The number of rotatable bonds is 12. The highest BCUT2D eigenvalue weighted by atomic mass is 16.2. The number of benzene rings is 2. The molecule has 0 radical (unpaired) electrons. The van der Waals surface area contributed by atoms with Crippen molar-refractivity contribution in [3.63, 3.8) is 0 Å². The highest BCUT2D eigenvalue weighted by Crippen LogP contribution is 2.19. The van der Waals surface area contributed by atoms with E-state index >= 15 is 0 Å². The third-order valence-electron chi connectivity index (χ3n) is 6.72. The molecule has 2 aromatic rings. The maximum Gasteiger partial charge on any atom is 0.251 e. The SMILES string of the molecule is CN[C@@H](C)C(=O)N[C@@H](CNC(=O)c1ccccc1)C(=O)N1CCC[C@H]1C(=O)N[C@@H](Cc1ccccc1)C(N)=O. The number of nitrogens with zero attached hydrogens (tertiary/aromatic N) is 1. The minimum Gasteiger partial charge on any atom is -0.368 e. The second-order valence-electron chi connectivity index (χ2n) is 9.49. The van der Waals surface area contributed by atoms with Crippen LogP contribution in [0.3, 0.4) is 0 Å². The zero-order valence-electron chi connectivity index (χ0n) is 22.2. The van der Waals surface area contributed by atoms with Crippen molar-refractivity contribution in [1.82, 2.24) is 26.2 Å². The van der Waals surface area contributed by atoms with E-state index in [0.29, 0.717) is 18.4 Å². The summed E-state index contributed by atoms with van der Waals surface area (Å²) in [7, 11) is 1.61. The van der Waals surface area contributed by atoms with Crippen molar-refractivity contribution >= 4 is 29.5 Å². The second kappa shape index (κ2) is 14.1. The Hall–Kier alpha value is -4.25. The highest BCUT2D eigenvalue weighted by Gasteiger charge is 2.39. The molecule has 208 valence electrons. The van der Waals surface area contributed by atoms with Crippen LogP contribution in [0.15, 0.2) is 60.7 Å². The van der Waals surface area contributed by atoms with Crippen molar-refractivity contribution in [2.75, 3.05) is 20.1 Å². The standard InChI is InChI=1S/C28H36N6O5/c1-18(30-2)25(36)33-22(17-31-26(37)20-12-7-4-8-13-20)28(39)34-15-9-14-23(34)27(38)32-21(24(29)35)16-19-10-5-3-6-11-19/h3-8,10-13,18,21-23,30H,9,14-17H2,1-2H3,(H2,29,35)(H,31,37)(H,32,38)(H,33,36)/t18-,21-,22-,23-/m0/s1. The third-order valence-corrected chi connectivity index (χ3v) is 6.72. The number of likely N-dealkylation sites (N-methyl/N-ethyl adjacent to an activating group) is 1. The Morgan fingerprint density at radius 1 is 0.949 bits per heavy atom. The maximum atomic E-state index is 13.6. The van der Waals surface area contributed by atoms with Gasteiger partial charge in [-0.2, -0.15) is 0 Å². The van der Waals surface area contributed by atoms with E-state index in [1.54, 1.807) is 44.3 Å². The van der Waals surface area contributed by atoms with Gasteiger partial charge in [0.15, 0.2) is 0 Å². The smallest absolute Gasteiger partial charge is 0.251 e. The predicted octanol–water partition coefficient (Wildman–Crippen LogP) is -0.287. The Kier molecular flexibility index (Phi) is 10.6. The van der Waals surface area contributed by atoms with Crippen LogP contribution in [0.25, 0.3) is 0 Å². The van der Waals surface area contributed by atoms with E-state index in [9.17, 15) is 24.0 Å². The van der Waals surface area contributed by atoms with Gasteiger partial charge >= 0.3 is 0 Å². The van der Waals surface area contributed by atoms with Gasteiger partial charge in [0.05, 0.1) is 6.04 Å². The second-order valence-corrected chi connectivity index (χ2v) is 9.49. The number of amides is 5. The van der Waals surface area contributed by atoms with Gasteiger partial charge in [0, 0.05) is 25.1 Å². The molecule has 2 aromatic carbocycles. The van der Waals surface area contributed by atoms with Gasteiger partial charge in [0.2, 0.25) is 23.6 Å². The van der Waals surface area contributed by atoms with Gasteiger partial charge in [0.1, 0.15) is 18.1 Å². The first kappa shape index (κ1) is 29.3. The number of nitrogens with two attached hydrogens (primary N) is 1. The Bertz CT molecular complexity index is 1160. The minimum atomic E-state index is -1.11. The molecule has 1 aliphatic heterocycles. The Balaban J connectivity index is 1.72. The van der Waals surface area contributed by atoms with Crippen LogP contribution in [-0.4, -0.2) is 78.7 Å². The lowest BCUT2D eigenvalue weighted by atomic mass is 10.0. The summed E-state index contributed by atoms with van der Waals surface area (Å²) >= 11 is 0. The van der Waals surface area contributed by atoms with Crippen molar-refractivity contribution < 1.29 is 24.0 Å². The van der Waals surface area contributed by atoms with E-state index in [4.69, 9.17) is 5.73 Å². The first-order chi connectivity index (χ1) is 18.7. The van der Waals surface area contributed by atoms with E-state index in [1.165, 1.54) is 4.90 Å². The molecule has 39 heavy (non-hydrogen) atoms. The molecular weight excluding hydrogens is 500 g/mol. The normalized spacial score (nSPS) is 17.0. The molecule has 1 fully saturated rings. The summed E-state index contributed by atoms with van der Waals surface area (Å²) < 4.78 is 0. The average molecular weight is 537 g/mol. The number of hydrogen-bond donors (Lipinski definition) is 5. The lowest BCUT2D eigenvalue weighted by Crippen LogP contribution is -2.59. The molecular formula is C28H36N6O5. The van der Waals surface area contributed by atoms with Gasteiger partial charge in [-0.15, -0.1) is 0 Å². The van der Waals surface area contributed by atoms with Gasteiger partial charge in [-0.3, -0.25) is 24.0 Å². The van der Waals surface area contributed by atoms with Gasteiger partial charge in [-0.1, -0.05) is 48.5 Å². The molecule has 0 aliphatic carbocycles. The number of nitrogens with one attached hydrogen (secondary N) is 4. The number of likely N-dealkylation sites (tertiary alicyclic amines) is 1. The van der Waals surface area contributed by atoms with Gasteiger partial charge in [0.25, 0.3) is 5.91 Å². The van der Waals surface area contributed by atoms with Crippen LogP contribution >= 0.6 is 0 Å². The van der Waals surface area contributed by atoms with E-state index in [1.807, 2.05) is 30.3 Å². The summed E-state index contributed by atoms with van der Waals surface area (Å²) in [5.41, 5.74) is 6.80. The number of hydrogen-bond acceptors (Lipinski definition) is 6. The number of primary amides is 1. The topological polar surface area (TPSA) is 163 Å². The lowest BCUT2D eigenvalue weighted by molar-refractivity contribution is -0.142. The molecule has 0 unspecified atom stereocenters. The first-order valence-corrected chi connectivity index (χ1v) is 13.0. The molecule has 1 saturated heterocycles. The van der Waals surface area contributed by atoms with Crippen LogP contribution in [0.1, 0.15) is 35.7 Å². The van der Waals surface area contributed by atoms with Crippen LogP contribution in [0.5, 0.6) is 0 Å². The van der Waals surface area contributed by atoms with Crippen molar-refractivity contribution in [2.24, 2.45) is 5.73 Å². The molecule has 3 rings (SSSR count). The van der Waals surface area contributed by atoms with E-state index in [-0.39, 0.29) is 19.5 Å². The molecule has 5 amide bonds. The van der Waals surface area contributed by atoms with E-state index in [0.717, 1.165) is 5.56 Å². The molecule has 0 saturated carbocycles. The van der Waals surface area contributed by atoms with Crippen LogP contribution in [0.4, 0.5) is 0 Å². The van der Waals surface area contributed by atoms with Crippen LogP contribution in [0.2, 0.25) is 0 Å². The summed E-state index contributed by atoms with van der Waals surface area (Å²) in [6.07, 6.45) is 1.17. The summed E-state index contributed by atoms with van der Waals surface area (Å²) in [5.74, 6) is -2.51. The average Bonchev–Trinajstić information content (AvgIpc) is 3.45. The predicted molar refractivity (Wildman–Crippen MR) is 145 cm³/mol. The molecule has 0 aromatic heterocycles. The Morgan fingerprint density at radius 2 is 1.59 bits per heavy atom. The van der Waals surface area contributed by atoms with E-state index < -0.39 is 53.7 Å². The molecule has 11 nitrogen and oxygen atoms in total. The fraction of sp³-hybridized carbons (Fsp3) is 0.393. The number of carbonyl (C=O) groups excluding carboxylic acids is 5. The summed E-state index contributed by atoms with van der Waals surface area (Å²) in [6.45, 7) is 1.76. The zero-order chi connectivity index (χ0) is 28.4. The van der Waals surface area contributed by atoms with Crippen LogP contribution in [0, 0.1) is 0 Å². The van der Waals surface area contributed by atoms with Gasteiger partial charge in [-0.05, 0) is 44.5 Å². The molecule has 1 aliphatic rings. The van der Waals surface area contributed by atoms with Gasteiger partial charge in [-0.25, -0.2) is 0 Å². The lowest BCUT2D eigenvalue weighted by Gasteiger charge is -2.30. The monoisotopic (exact) mass is 536 g/mol. The van der Waals surface area contributed by atoms with E-state index in [2.05, 4.69) is 21.3 Å². The quantitative estimate of drug-likeness (QED) is 0.250. The Labute approximate surface area is 227 Å². The molecule has 11 heteroatoms. The molecule has 4 atom stereocenters. The van der Waals surface area contributed by atoms with Crippen molar-refractivity contribution in [3.05, 3.63) is 71.8 Å². The van der Waals surface area contributed by atoms with Crippen molar-refractivity contribution in [1.29, 1.82) is 0 Å². The summed E-state index contributed by atoms with van der Waals surface area (Å²) in [5, 5.41) is 10.9. The number of carbonyl (C=O) groups is 5. The van der Waals surface area contributed by atoms with Crippen LogP contribution < -0.4 is 27.0 Å². The minimum absolute atomic E-state index is 0.169. The first-order valence-electron chi connectivity index (χ1n) is 13.0. The molecule has 0 spiro atoms. The fourth-order valence-corrected chi connectivity index (χ4v) is 4.36. The fourth-order valence-electron chi connectivity index (χ4n) is 4.36. The van der Waals surface area contributed by atoms with Crippen molar-refractivity contribution in [2.45, 2.75) is 50.4 Å². The van der Waals surface area contributed by atoms with Crippen molar-refractivity contribution in [3.8, 4) is 0 Å². The molecule has 1 heterocycles. The van der Waals surface area contributed by atoms with Gasteiger partial charge < -0.3 is 31.9 Å². The highest BCUT2D eigenvalue weighted by molar-refractivity contribution is 5.97. The zero-order valence-corrected chi connectivity index (χ0v) is 22.2. The summed E-state index contributed by atoms with van der Waals surface area (Å²) in [4.78, 5) is 65.6. The largest absolute Gasteiger partial charge is 0.368 e. The molecule has 0 bridgehead atoms. The molecule has 6 N–H and O–H groups in total. The van der Waals surface area contributed by atoms with Crippen LogP contribution in [-0.2, 0) is 25.6 Å². The maximum absolute atomic E-state index is 13.6. The Morgan fingerprint density at radius 3 is 2.21 bits per heavy atom. The summed E-state index contributed by atoms with van der Waals surface area (Å²) in [6, 6.07) is 14.2. The third kappa shape index (κ3) is 8.11.